The first kappa shape index (κ1) is 11.1. The first-order valence-corrected chi connectivity index (χ1v) is 6.55. The van der Waals surface area contributed by atoms with E-state index < -0.39 is 0 Å². The molecule has 4 rings (SSSR count). The molecule has 1 aromatic rings. The summed E-state index contributed by atoms with van der Waals surface area (Å²) in [6.45, 7) is 2.36. The van der Waals surface area contributed by atoms with Crippen LogP contribution < -0.4 is 4.90 Å². The average molecular weight is 234 g/mol. The zero-order chi connectivity index (χ0) is 11.8. The molecule has 3 heterocycles. The molecule has 2 atom stereocenters. The molecule has 0 radical (unpaired) electrons. The van der Waals surface area contributed by atoms with Crippen molar-refractivity contribution in [1.82, 2.24) is 0 Å². The van der Waals surface area contributed by atoms with E-state index in [2.05, 4.69) is 0 Å². The lowest BCUT2D eigenvalue weighted by Gasteiger charge is -2.45. The van der Waals surface area contributed by atoms with Gasteiger partial charge in [0.2, 0.25) is 0 Å². The number of piperidine rings is 3. The van der Waals surface area contributed by atoms with Gasteiger partial charge < -0.3 is 15.1 Å². The monoisotopic (exact) mass is 234 g/mol. The van der Waals surface area contributed by atoms with Gasteiger partial charge >= 0.3 is 0 Å². The van der Waals surface area contributed by atoms with E-state index in [-0.39, 0.29) is 12.1 Å². The molecule has 0 amide bonds. The fourth-order valence-electron chi connectivity index (χ4n) is 3.48. The number of hydrogen-bond acceptors (Lipinski definition) is 2. The molecule has 3 N–H and O–H groups in total. The van der Waals surface area contributed by atoms with Gasteiger partial charge in [0.15, 0.2) is 0 Å². The van der Waals surface area contributed by atoms with Crippen molar-refractivity contribution in [3.63, 3.8) is 0 Å². The summed E-state index contributed by atoms with van der Waals surface area (Å²) >= 11 is 0. The Morgan fingerprint density at radius 3 is 2.53 bits per heavy atom. The highest BCUT2D eigenvalue weighted by molar-refractivity contribution is 5.32. The predicted octanol–water partition coefficient (Wildman–Crippen LogP) is -0.0273. The molecule has 1 aromatic carbocycles. The highest BCUT2D eigenvalue weighted by atomic mass is 16.3. The second kappa shape index (κ2) is 4.31. The molecule has 3 fully saturated rings. The minimum absolute atomic E-state index is 0.188. The Bertz CT molecular complexity index is 397. The van der Waals surface area contributed by atoms with E-state index in [4.69, 9.17) is 0 Å². The van der Waals surface area contributed by atoms with Crippen LogP contribution in [0.3, 0.4) is 0 Å². The predicted molar refractivity (Wildman–Crippen MR) is 65.0 cm³/mol. The summed E-state index contributed by atoms with van der Waals surface area (Å²) in [4.78, 5) is 1.52. The number of hydrogen-bond donors (Lipinski definition) is 3. The van der Waals surface area contributed by atoms with Crippen molar-refractivity contribution in [3.8, 4) is 5.75 Å². The van der Waals surface area contributed by atoms with Crippen molar-refractivity contribution in [2.24, 2.45) is 5.92 Å². The molecule has 2 bridgehead atoms. The number of fused-ring (bicyclic) bond motifs is 3. The molecule has 92 valence electrons. The van der Waals surface area contributed by atoms with Gasteiger partial charge in [-0.05, 0) is 11.6 Å². The Labute approximate surface area is 102 Å². The number of phenols is 1. The molecule has 0 spiro atoms. The summed E-state index contributed by atoms with van der Waals surface area (Å²) < 4.78 is 0. The van der Waals surface area contributed by atoms with Crippen LogP contribution in [0.25, 0.3) is 0 Å². The molecule has 3 saturated heterocycles. The second-order valence-electron chi connectivity index (χ2n) is 5.43. The molecule has 3 nitrogen and oxygen atoms in total. The van der Waals surface area contributed by atoms with E-state index >= 15 is 0 Å². The number of benzene rings is 1. The highest BCUT2D eigenvalue weighted by Gasteiger charge is 2.44. The van der Waals surface area contributed by atoms with Crippen molar-refractivity contribution in [2.75, 3.05) is 13.1 Å². The smallest absolute Gasteiger partial charge is 0.119 e. The molecule has 0 unspecified atom stereocenters. The van der Waals surface area contributed by atoms with Crippen molar-refractivity contribution >= 4 is 0 Å². The number of aliphatic hydroxyl groups excluding tert-OH is 1. The first-order valence-electron chi connectivity index (χ1n) is 6.55. The lowest BCUT2D eigenvalue weighted by molar-refractivity contribution is -0.946. The number of aliphatic hydroxyl groups is 1. The Morgan fingerprint density at radius 2 is 1.88 bits per heavy atom. The van der Waals surface area contributed by atoms with Crippen LogP contribution in [0.15, 0.2) is 24.3 Å². The van der Waals surface area contributed by atoms with Gasteiger partial charge in [0, 0.05) is 25.2 Å². The van der Waals surface area contributed by atoms with Crippen LogP contribution in [0.4, 0.5) is 0 Å². The van der Waals surface area contributed by atoms with Gasteiger partial charge in [-0.1, -0.05) is 18.2 Å². The Hall–Kier alpha value is -1.06. The third-order valence-corrected chi connectivity index (χ3v) is 4.52. The Morgan fingerprint density at radius 1 is 1.18 bits per heavy atom. The second-order valence-corrected chi connectivity index (χ2v) is 5.43. The number of nitrogens with one attached hydrogen (secondary N) is 1. The van der Waals surface area contributed by atoms with Crippen molar-refractivity contribution in [3.05, 3.63) is 29.8 Å². The standard InChI is InChI=1S/C14H19NO2/c16-13-4-2-1-3-11(13)9-12-14(17)10-5-7-15(12)8-6-10/h1-4,10,12,14,16-17H,5-9H2/p+1/t12-,14-/m0/s1. The minimum Gasteiger partial charge on any atom is -0.508 e. The molecular formula is C14H20NO2+. The number of phenolic OH excluding ortho intramolecular Hbond substituents is 1. The molecule has 17 heavy (non-hydrogen) atoms. The van der Waals surface area contributed by atoms with Crippen LogP contribution in [0.5, 0.6) is 5.75 Å². The third-order valence-electron chi connectivity index (χ3n) is 4.52. The maximum atomic E-state index is 10.3. The average Bonchev–Trinajstić information content (AvgIpc) is 2.36. The zero-order valence-corrected chi connectivity index (χ0v) is 9.97. The van der Waals surface area contributed by atoms with E-state index in [0.29, 0.717) is 11.7 Å². The number of para-hydroxylation sites is 1. The molecule has 3 aliphatic rings. The van der Waals surface area contributed by atoms with E-state index in [1.807, 2.05) is 18.2 Å². The molecule has 0 aromatic heterocycles. The highest BCUT2D eigenvalue weighted by Crippen LogP contribution is 2.25. The fourth-order valence-corrected chi connectivity index (χ4v) is 3.48. The molecular weight excluding hydrogens is 214 g/mol. The van der Waals surface area contributed by atoms with Crippen molar-refractivity contribution in [1.29, 1.82) is 0 Å². The fraction of sp³-hybridized carbons (Fsp3) is 0.571. The summed E-state index contributed by atoms with van der Waals surface area (Å²) in [6.07, 6.45) is 2.92. The van der Waals surface area contributed by atoms with Crippen molar-refractivity contribution in [2.45, 2.75) is 31.4 Å². The topological polar surface area (TPSA) is 44.9 Å². The van der Waals surface area contributed by atoms with E-state index in [0.717, 1.165) is 24.8 Å². The van der Waals surface area contributed by atoms with Gasteiger partial charge in [0.1, 0.15) is 17.9 Å². The van der Waals surface area contributed by atoms with Crippen LogP contribution in [0.1, 0.15) is 18.4 Å². The molecule has 0 saturated carbocycles. The number of quaternary nitrogens is 1. The number of aromatic hydroxyl groups is 1. The maximum absolute atomic E-state index is 10.3. The summed E-state index contributed by atoms with van der Waals surface area (Å²) in [5.74, 6) is 0.852. The largest absolute Gasteiger partial charge is 0.508 e. The zero-order valence-electron chi connectivity index (χ0n) is 9.97. The Balaban J connectivity index is 1.79. The van der Waals surface area contributed by atoms with Crippen LogP contribution in [0.2, 0.25) is 0 Å². The van der Waals surface area contributed by atoms with E-state index in [1.165, 1.54) is 18.0 Å². The van der Waals surface area contributed by atoms with Crippen LogP contribution in [0, 0.1) is 5.92 Å². The quantitative estimate of drug-likeness (QED) is 0.673. The van der Waals surface area contributed by atoms with Crippen LogP contribution in [-0.2, 0) is 6.42 Å². The van der Waals surface area contributed by atoms with Gasteiger partial charge in [0.25, 0.3) is 0 Å². The maximum Gasteiger partial charge on any atom is 0.119 e. The third kappa shape index (κ3) is 1.94. The molecule has 0 aliphatic carbocycles. The van der Waals surface area contributed by atoms with Gasteiger partial charge in [-0.3, -0.25) is 0 Å². The Kier molecular flexibility index (Phi) is 2.81. The SMILES string of the molecule is Oc1ccccc1C[C@H]1[C@@H](O)C2CC[NH+]1CC2. The van der Waals surface area contributed by atoms with Crippen molar-refractivity contribution < 1.29 is 15.1 Å². The molecule has 3 heteroatoms. The lowest BCUT2D eigenvalue weighted by Crippen LogP contribution is -3.20. The van der Waals surface area contributed by atoms with Gasteiger partial charge in [0.05, 0.1) is 13.1 Å². The lowest BCUT2D eigenvalue weighted by atomic mass is 9.78. The normalized spacial score (nSPS) is 36.1. The summed E-state index contributed by atoms with van der Waals surface area (Å²) in [6, 6.07) is 7.76. The summed E-state index contributed by atoms with van der Waals surface area (Å²) in [5, 5.41) is 20.1. The van der Waals surface area contributed by atoms with Gasteiger partial charge in [-0.25, -0.2) is 0 Å². The van der Waals surface area contributed by atoms with Crippen LogP contribution in [-0.4, -0.2) is 35.4 Å². The first-order chi connectivity index (χ1) is 8.25. The minimum atomic E-state index is -0.188. The van der Waals surface area contributed by atoms with Gasteiger partial charge in [-0.15, -0.1) is 0 Å². The molecule has 3 aliphatic heterocycles. The van der Waals surface area contributed by atoms with E-state index in [1.54, 1.807) is 6.07 Å². The summed E-state index contributed by atoms with van der Waals surface area (Å²) in [5.41, 5.74) is 0.969. The van der Waals surface area contributed by atoms with Crippen LogP contribution >= 0.6 is 0 Å². The number of rotatable bonds is 2. The van der Waals surface area contributed by atoms with Gasteiger partial charge in [-0.2, -0.15) is 0 Å². The van der Waals surface area contributed by atoms with E-state index in [9.17, 15) is 10.2 Å². The summed E-state index contributed by atoms with van der Waals surface area (Å²) in [7, 11) is 0.